The van der Waals surface area contributed by atoms with Crippen LogP contribution in [0.5, 0.6) is 0 Å². The second-order valence-corrected chi connectivity index (χ2v) is 5.07. The predicted octanol–water partition coefficient (Wildman–Crippen LogP) is 3.37. The van der Waals surface area contributed by atoms with Crippen LogP contribution in [-0.2, 0) is 0 Å². The number of carbonyl (C=O) groups excluding carboxylic acids is 1. The Morgan fingerprint density at radius 3 is 2.59 bits per heavy atom. The number of nitrogens with one attached hydrogen (secondary N) is 1. The van der Waals surface area contributed by atoms with Crippen LogP contribution in [0.2, 0.25) is 0 Å². The van der Waals surface area contributed by atoms with Crippen LogP contribution >= 0.6 is 15.9 Å². The van der Waals surface area contributed by atoms with Gasteiger partial charge in [-0.15, -0.1) is 0 Å². The Morgan fingerprint density at radius 1 is 1.41 bits per heavy atom. The minimum atomic E-state index is -0.480. The Labute approximate surface area is 110 Å². The van der Waals surface area contributed by atoms with E-state index in [4.69, 9.17) is 0 Å². The number of hydrogen-bond donors (Lipinski definition) is 1. The highest BCUT2D eigenvalue weighted by molar-refractivity contribution is 9.09. The maximum Gasteiger partial charge on any atom is 0.254 e. The summed E-state index contributed by atoms with van der Waals surface area (Å²) in [5.74, 6) is -0.502. The van der Waals surface area contributed by atoms with Crippen molar-refractivity contribution in [3.05, 3.63) is 35.6 Å². The van der Waals surface area contributed by atoms with Gasteiger partial charge >= 0.3 is 0 Å². The van der Waals surface area contributed by atoms with E-state index in [9.17, 15) is 9.18 Å². The van der Waals surface area contributed by atoms with Gasteiger partial charge in [-0.1, -0.05) is 41.9 Å². The van der Waals surface area contributed by atoms with E-state index in [2.05, 4.69) is 21.2 Å². The first kappa shape index (κ1) is 14.2. The van der Waals surface area contributed by atoms with Gasteiger partial charge in [0.1, 0.15) is 5.82 Å². The highest BCUT2D eigenvalue weighted by Gasteiger charge is 2.18. The molecule has 1 unspecified atom stereocenters. The molecule has 1 N–H and O–H groups in total. The highest BCUT2D eigenvalue weighted by Crippen LogP contribution is 2.11. The summed E-state index contributed by atoms with van der Waals surface area (Å²) in [6.07, 6.45) is 0.831. The fraction of sp³-hybridized carbons (Fsp3) is 0.462. The lowest BCUT2D eigenvalue weighted by molar-refractivity contribution is 0.0921. The van der Waals surface area contributed by atoms with Crippen molar-refractivity contribution in [1.29, 1.82) is 0 Å². The quantitative estimate of drug-likeness (QED) is 0.830. The van der Waals surface area contributed by atoms with Crippen LogP contribution in [0.1, 0.15) is 30.6 Å². The maximum absolute atomic E-state index is 13.4. The molecule has 0 aliphatic rings. The number of alkyl halides is 1. The summed E-state index contributed by atoms with van der Waals surface area (Å²) < 4.78 is 13.4. The van der Waals surface area contributed by atoms with Crippen molar-refractivity contribution < 1.29 is 9.18 Å². The largest absolute Gasteiger partial charge is 0.349 e. The molecule has 0 spiro atoms. The smallest absolute Gasteiger partial charge is 0.254 e. The van der Waals surface area contributed by atoms with E-state index in [1.165, 1.54) is 12.1 Å². The first-order chi connectivity index (χ1) is 8.06. The molecular formula is C13H17BrFNO. The van der Waals surface area contributed by atoms with Crippen molar-refractivity contribution in [3.8, 4) is 0 Å². The molecule has 17 heavy (non-hydrogen) atoms. The Hall–Kier alpha value is -0.900. The van der Waals surface area contributed by atoms with Crippen molar-refractivity contribution >= 4 is 21.8 Å². The van der Waals surface area contributed by atoms with Crippen molar-refractivity contribution in [1.82, 2.24) is 5.32 Å². The van der Waals surface area contributed by atoms with Crippen LogP contribution in [0.25, 0.3) is 0 Å². The molecule has 0 fully saturated rings. The molecule has 0 aliphatic carbocycles. The molecule has 2 nitrogen and oxygen atoms in total. The van der Waals surface area contributed by atoms with E-state index in [1.54, 1.807) is 12.1 Å². The monoisotopic (exact) mass is 301 g/mol. The summed E-state index contributed by atoms with van der Waals surface area (Å²) in [5, 5.41) is 3.68. The maximum atomic E-state index is 13.4. The average Bonchev–Trinajstić information content (AvgIpc) is 2.28. The number of hydrogen-bond acceptors (Lipinski definition) is 1. The van der Waals surface area contributed by atoms with Crippen molar-refractivity contribution in [3.63, 3.8) is 0 Å². The van der Waals surface area contributed by atoms with Crippen LogP contribution in [0, 0.1) is 11.7 Å². The molecule has 1 aromatic rings. The van der Waals surface area contributed by atoms with Gasteiger partial charge in [-0.3, -0.25) is 4.79 Å². The summed E-state index contributed by atoms with van der Waals surface area (Å²) in [5.41, 5.74) is 0.104. The molecular weight excluding hydrogens is 285 g/mol. The van der Waals surface area contributed by atoms with Crippen LogP contribution in [0.15, 0.2) is 24.3 Å². The van der Waals surface area contributed by atoms with Gasteiger partial charge in [0.15, 0.2) is 0 Å². The molecule has 1 amide bonds. The molecule has 0 bridgehead atoms. The third-order valence-corrected chi connectivity index (χ3v) is 3.12. The summed E-state index contributed by atoms with van der Waals surface area (Å²) >= 11 is 3.35. The number of rotatable bonds is 5. The number of halogens is 2. The molecule has 0 radical (unpaired) electrons. The summed E-state index contributed by atoms with van der Waals surface area (Å²) in [6.45, 7) is 4.07. The second-order valence-electron chi connectivity index (χ2n) is 4.28. The standard InChI is InChI=1S/C13H17BrFNO/c1-9(2)12(7-8-14)16-13(17)10-5-3-4-6-11(10)15/h3-6,9,12H,7-8H2,1-2H3,(H,16,17). The van der Waals surface area contributed by atoms with E-state index in [1.807, 2.05) is 13.8 Å². The molecule has 94 valence electrons. The van der Waals surface area contributed by atoms with Crippen LogP contribution in [-0.4, -0.2) is 17.3 Å². The van der Waals surface area contributed by atoms with E-state index in [-0.39, 0.29) is 17.5 Å². The molecule has 1 rings (SSSR count). The van der Waals surface area contributed by atoms with E-state index < -0.39 is 5.82 Å². The van der Waals surface area contributed by atoms with E-state index in [0.29, 0.717) is 5.92 Å². The van der Waals surface area contributed by atoms with E-state index in [0.717, 1.165) is 11.8 Å². The van der Waals surface area contributed by atoms with Crippen molar-refractivity contribution in [2.75, 3.05) is 5.33 Å². The lowest BCUT2D eigenvalue weighted by Crippen LogP contribution is -2.39. The molecule has 1 atom stereocenters. The topological polar surface area (TPSA) is 29.1 Å². The van der Waals surface area contributed by atoms with Gasteiger partial charge in [-0.25, -0.2) is 4.39 Å². The van der Waals surface area contributed by atoms with Gasteiger partial charge in [0, 0.05) is 11.4 Å². The third kappa shape index (κ3) is 4.11. The zero-order valence-corrected chi connectivity index (χ0v) is 11.6. The third-order valence-electron chi connectivity index (χ3n) is 2.66. The lowest BCUT2D eigenvalue weighted by Gasteiger charge is -2.21. The molecule has 0 aliphatic heterocycles. The van der Waals surface area contributed by atoms with Gasteiger partial charge in [0.25, 0.3) is 5.91 Å². The predicted molar refractivity (Wildman–Crippen MR) is 70.9 cm³/mol. The Bertz CT molecular complexity index is 381. The van der Waals surface area contributed by atoms with E-state index >= 15 is 0 Å². The molecule has 0 saturated carbocycles. The molecule has 0 heterocycles. The van der Waals surface area contributed by atoms with Gasteiger partial charge in [-0.2, -0.15) is 0 Å². The van der Waals surface area contributed by atoms with Gasteiger partial charge < -0.3 is 5.32 Å². The number of benzene rings is 1. The lowest BCUT2D eigenvalue weighted by atomic mass is 10.0. The zero-order valence-electron chi connectivity index (χ0n) is 10.0. The summed E-state index contributed by atoms with van der Waals surface area (Å²) in [4.78, 5) is 11.9. The molecule has 0 aromatic heterocycles. The zero-order chi connectivity index (χ0) is 12.8. The van der Waals surface area contributed by atoms with Gasteiger partial charge in [0.05, 0.1) is 5.56 Å². The van der Waals surface area contributed by atoms with Gasteiger partial charge in [0.2, 0.25) is 0 Å². The SMILES string of the molecule is CC(C)C(CCBr)NC(=O)c1ccccc1F. The molecule has 0 saturated heterocycles. The minimum absolute atomic E-state index is 0.0569. The normalized spacial score (nSPS) is 12.5. The van der Waals surface area contributed by atoms with Crippen LogP contribution in [0.4, 0.5) is 4.39 Å². The second kappa shape index (κ2) is 6.74. The number of amides is 1. The Balaban J connectivity index is 2.74. The average molecular weight is 302 g/mol. The fourth-order valence-electron chi connectivity index (χ4n) is 1.58. The first-order valence-corrected chi connectivity index (χ1v) is 6.79. The summed E-state index contributed by atoms with van der Waals surface area (Å²) in [6, 6.07) is 6.08. The fourth-order valence-corrected chi connectivity index (χ4v) is 2.07. The highest BCUT2D eigenvalue weighted by atomic mass is 79.9. The number of carbonyl (C=O) groups is 1. The van der Waals surface area contributed by atoms with Crippen LogP contribution < -0.4 is 5.32 Å². The Morgan fingerprint density at radius 2 is 2.06 bits per heavy atom. The van der Waals surface area contributed by atoms with Crippen molar-refractivity contribution in [2.24, 2.45) is 5.92 Å². The first-order valence-electron chi connectivity index (χ1n) is 5.67. The van der Waals surface area contributed by atoms with Crippen molar-refractivity contribution in [2.45, 2.75) is 26.3 Å². The summed E-state index contributed by atoms with van der Waals surface area (Å²) in [7, 11) is 0. The Kier molecular flexibility index (Phi) is 5.62. The van der Waals surface area contributed by atoms with Gasteiger partial charge in [-0.05, 0) is 24.5 Å². The minimum Gasteiger partial charge on any atom is -0.349 e. The molecule has 4 heteroatoms. The molecule has 1 aromatic carbocycles. The van der Waals surface area contributed by atoms with Crippen LogP contribution in [0.3, 0.4) is 0 Å².